The maximum atomic E-state index is 5.05. The van der Waals surface area contributed by atoms with Crippen LogP contribution in [0.15, 0.2) is 60.7 Å². The molecule has 1 N–H and O–H groups in total. The van der Waals surface area contributed by atoms with E-state index >= 15 is 0 Å². The van der Waals surface area contributed by atoms with Gasteiger partial charge in [-0.15, -0.1) is 0 Å². The summed E-state index contributed by atoms with van der Waals surface area (Å²) in [7, 11) is 0. The fraction of sp³-hybridized carbons (Fsp3) is 0.250. The fourth-order valence-electron chi connectivity index (χ4n) is 4.26. The Morgan fingerprint density at radius 3 is 2.43 bits per heavy atom. The SMILES string of the molecule is Cc1nn2c(NC(C)c3ccccc3)c3c(nc2c1-c1ccccc1)CCC3. The first kappa shape index (κ1) is 17.0. The Kier molecular flexibility index (Phi) is 4.12. The predicted octanol–water partition coefficient (Wildman–Crippen LogP) is 5.37. The first-order valence-corrected chi connectivity index (χ1v) is 10.0. The monoisotopic (exact) mass is 368 g/mol. The molecule has 2 aromatic heterocycles. The number of nitrogens with one attached hydrogen (secondary N) is 1. The first-order chi connectivity index (χ1) is 13.7. The zero-order valence-corrected chi connectivity index (χ0v) is 16.3. The highest BCUT2D eigenvalue weighted by Gasteiger charge is 2.25. The van der Waals surface area contributed by atoms with E-state index in [4.69, 9.17) is 10.1 Å². The standard InChI is InChI=1S/C24H24N4/c1-16(18-10-5-3-6-11-18)25-23-20-14-9-15-21(20)26-24-22(17(2)27-28(23)24)19-12-7-4-8-13-19/h3-8,10-13,16,25H,9,14-15H2,1-2H3. The van der Waals surface area contributed by atoms with Crippen LogP contribution in [-0.4, -0.2) is 14.6 Å². The van der Waals surface area contributed by atoms with Gasteiger partial charge in [0.2, 0.25) is 0 Å². The molecule has 1 unspecified atom stereocenters. The number of nitrogens with zero attached hydrogens (tertiary/aromatic N) is 3. The molecule has 0 saturated carbocycles. The summed E-state index contributed by atoms with van der Waals surface area (Å²) in [6.45, 7) is 4.28. The Labute approximate surface area is 165 Å². The molecule has 28 heavy (non-hydrogen) atoms. The summed E-state index contributed by atoms with van der Waals surface area (Å²) < 4.78 is 2.03. The second-order valence-electron chi connectivity index (χ2n) is 7.58. The molecule has 4 heteroatoms. The number of benzene rings is 2. The maximum absolute atomic E-state index is 5.05. The highest BCUT2D eigenvalue weighted by Crippen LogP contribution is 2.35. The normalized spacial score (nSPS) is 14.2. The molecule has 140 valence electrons. The van der Waals surface area contributed by atoms with Gasteiger partial charge in [-0.2, -0.15) is 9.61 Å². The zero-order chi connectivity index (χ0) is 19.1. The Morgan fingerprint density at radius 2 is 1.68 bits per heavy atom. The minimum atomic E-state index is 0.196. The minimum absolute atomic E-state index is 0.196. The largest absolute Gasteiger partial charge is 0.363 e. The summed E-state index contributed by atoms with van der Waals surface area (Å²) >= 11 is 0. The lowest BCUT2D eigenvalue weighted by Gasteiger charge is -2.19. The molecule has 2 heterocycles. The molecule has 0 fully saturated rings. The molecule has 0 spiro atoms. The van der Waals surface area contributed by atoms with Crippen LogP contribution < -0.4 is 5.32 Å². The van der Waals surface area contributed by atoms with Crippen molar-refractivity contribution in [3.05, 3.63) is 83.2 Å². The molecular weight excluding hydrogens is 344 g/mol. The van der Waals surface area contributed by atoms with Gasteiger partial charge in [0.1, 0.15) is 5.82 Å². The van der Waals surface area contributed by atoms with Crippen molar-refractivity contribution < 1.29 is 0 Å². The molecule has 5 rings (SSSR count). The van der Waals surface area contributed by atoms with Gasteiger partial charge >= 0.3 is 0 Å². The first-order valence-electron chi connectivity index (χ1n) is 10.0. The van der Waals surface area contributed by atoms with Gasteiger partial charge < -0.3 is 5.32 Å². The fourth-order valence-corrected chi connectivity index (χ4v) is 4.26. The smallest absolute Gasteiger partial charge is 0.165 e. The molecule has 4 aromatic rings. The van der Waals surface area contributed by atoms with Crippen LogP contribution in [0.1, 0.15) is 41.9 Å². The summed E-state index contributed by atoms with van der Waals surface area (Å²) in [5.74, 6) is 1.10. The number of fused-ring (bicyclic) bond motifs is 2. The number of hydrogen-bond donors (Lipinski definition) is 1. The number of aryl methyl sites for hydroxylation is 2. The van der Waals surface area contributed by atoms with E-state index < -0.39 is 0 Å². The lowest BCUT2D eigenvalue weighted by Crippen LogP contribution is -2.14. The maximum Gasteiger partial charge on any atom is 0.165 e. The van der Waals surface area contributed by atoms with Gasteiger partial charge in [0, 0.05) is 22.9 Å². The third kappa shape index (κ3) is 2.76. The second-order valence-corrected chi connectivity index (χ2v) is 7.58. The van der Waals surface area contributed by atoms with Crippen LogP contribution in [0.5, 0.6) is 0 Å². The number of anilines is 1. The van der Waals surface area contributed by atoms with Crippen LogP contribution >= 0.6 is 0 Å². The summed E-state index contributed by atoms with van der Waals surface area (Å²) in [5.41, 5.74) is 8.06. The van der Waals surface area contributed by atoms with Gasteiger partial charge in [-0.25, -0.2) is 4.98 Å². The van der Waals surface area contributed by atoms with Gasteiger partial charge in [0.05, 0.1) is 5.69 Å². The van der Waals surface area contributed by atoms with Crippen molar-refractivity contribution in [1.82, 2.24) is 14.6 Å². The Bertz CT molecular complexity index is 1130. The quantitative estimate of drug-likeness (QED) is 0.527. The van der Waals surface area contributed by atoms with Crippen molar-refractivity contribution in [2.75, 3.05) is 5.32 Å². The lowest BCUT2D eigenvalue weighted by molar-refractivity contribution is 0.824. The molecule has 0 radical (unpaired) electrons. The summed E-state index contributed by atoms with van der Waals surface area (Å²) in [6, 6.07) is 21.2. The Hall–Kier alpha value is -3.14. The van der Waals surface area contributed by atoms with Crippen molar-refractivity contribution in [1.29, 1.82) is 0 Å². The third-order valence-corrected chi connectivity index (χ3v) is 5.68. The molecule has 2 aromatic carbocycles. The molecule has 4 nitrogen and oxygen atoms in total. The van der Waals surface area contributed by atoms with E-state index in [0.29, 0.717) is 0 Å². The lowest BCUT2D eigenvalue weighted by atomic mass is 10.1. The molecule has 0 amide bonds. The van der Waals surface area contributed by atoms with Crippen LogP contribution in [0, 0.1) is 6.92 Å². The van der Waals surface area contributed by atoms with Crippen LogP contribution in [0.4, 0.5) is 5.82 Å². The van der Waals surface area contributed by atoms with Crippen molar-refractivity contribution in [3.63, 3.8) is 0 Å². The van der Waals surface area contributed by atoms with Crippen molar-refractivity contribution in [3.8, 4) is 11.1 Å². The highest BCUT2D eigenvalue weighted by atomic mass is 15.3. The molecule has 1 aliphatic carbocycles. The summed E-state index contributed by atoms with van der Waals surface area (Å²) in [5, 5.41) is 8.66. The van der Waals surface area contributed by atoms with Gasteiger partial charge in [-0.1, -0.05) is 60.7 Å². The zero-order valence-electron chi connectivity index (χ0n) is 16.3. The average molecular weight is 368 g/mol. The van der Waals surface area contributed by atoms with E-state index in [1.54, 1.807) is 0 Å². The third-order valence-electron chi connectivity index (χ3n) is 5.68. The highest BCUT2D eigenvalue weighted by molar-refractivity contribution is 5.81. The number of rotatable bonds is 4. The Balaban J connectivity index is 1.68. The minimum Gasteiger partial charge on any atom is -0.363 e. The van der Waals surface area contributed by atoms with E-state index in [-0.39, 0.29) is 6.04 Å². The molecule has 0 aliphatic heterocycles. The van der Waals surface area contributed by atoms with Crippen molar-refractivity contribution in [2.24, 2.45) is 0 Å². The Morgan fingerprint density at radius 1 is 0.964 bits per heavy atom. The molecule has 0 saturated heterocycles. The van der Waals surface area contributed by atoms with Gasteiger partial charge in [-0.05, 0) is 44.2 Å². The van der Waals surface area contributed by atoms with Gasteiger partial charge in [0.25, 0.3) is 0 Å². The number of hydrogen-bond acceptors (Lipinski definition) is 3. The second kappa shape index (κ2) is 6.79. The summed E-state index contributed by atoms with van der Waals surface area (Å²) in [6.07, 6.45) is 3.25. The van der Waals surface area contributed by atoms with E-state index in [1.165, 1.54) is 22.4 Å². The van der Waals surface area contributed by atoms with E-state index in [2.05, 4.69) is 73.8 Å². The van der Waals surface area contributed by atoms with Crippen LogP contribution in [0.2, 0.25) is 0 Å². The molecule has 1 aliphatic rings. The van der Waals surface area contributed by atoms with E-state index in [1.807, 2.05) is 10.6 Å². The predicted molar refractivity (Wildman–Crippen MR) is 114 cm³/mol. The number of aromatic nitrogens is 3. The molecular formula is C24H24N4. The van der Waals surface area contributed by atoms with Crippen LogP contribution in [-0.2, 0) is 12.8 Å². The van der Waals surface area contributed by atoms with Crippen LogP contribution in [0.25, 0.3) is 16.8 Å². The van der Waals surface area contributed by atoms with E-state index in [9.17, 15) is 0 Å². The molecule has 1 atom stereocenters. The van der Waals surface area contributed by atoms with E-state index in [0.717, 1.165) is 42.0 Å². The topological polar surface area (TPSA) is 42.2 Å². The van der Waals surface area contributed by atoms with Crippen molar-refractivity contribution in [2.45, 2.75) is 39.2 Å². The van der Waals surface area contributed by atoms with Crippen LogP contribution in [0.3, 0.4) is 0 Å². The molecule has 0 bridgehead atoms. The average Bonchev–Trinajstić information content (AvgIpc) is 3.33. The van der Waals surface area contributed by atoms with Crippen molar-refractivity contribution >= 4 is 11.5 Å². The summed E-state index contributed by atoms with van der Waals surface area (Å²) in [4.78, 5) is 5.05. The van der Waals surface area contributed by atoms with Gasteiger partial charge in [0.15, 0.2) is 5.65 Å². The van der Waals surface area contributed by atoms with Gasteiger partial charge in [-0.3, -0.25) is 0 Å².